The number of esters is 8. The third-order valence-electron chi connectivity index (χ3n) is 9.00. The summed E-state index contributed by atoms with van der Waals surface area (Å²) >= 11 is 0.818. The number of nitrogens with zero attached hydrogens (tertiary/aromatic N) is 3. The van der Waals surface area contributed by atoms with Gasteiger partial charge in [0.25, 0.3) is 10.0 Å². The van der Waals surface area contributed by atoms with E-state index >= 15 is 0 Å². The highest BCUT2D eigenvalue weighted by molar-refractivity contribution is 7.91. The highest BCUT2D eigenvalue weighted by Gasteiger charge is 2.26. The monoisotopic (exact) mass is 1040 g/mol. The first-order valence-electron chi connectivity index (χ1n) is 20.7. The normalized spacial score (nSPS) is 10.9. The molecule has 0 saturated heterocycles. The van der Waals surface area contributed by atoms with E-state index in [9.17, 15) is 51.6 Å². The summed E-state index contributed by atoms with van der Waals surface area (Å²) in [4.78, 5) is 113. The van der Waals surface area contributed by atoms with Crippen LogP contribution in [0.25, 0.3) is 21.4 Å². The molecule has 25 nitrogen and oxygen atoms in total. The zero-order chi connectivity index (χ0) is 52.4. The van der Waals surface area contributed by atoms with Gasteiger partial charge in [0.1, 0.15) is 60.7 Å². The molecule has 0 bridgehead atoms. The second-order valence-corrected chi connectivity index (χ2v) is 18.1. The Bertz CT molecular complexity index is 2720. The molecule has 0 aliphatic rings. The average Bonchev–Trinajstić information content (AvgIpc) is 3.78. The predicted octanol–water partition coefficient (Wildman–Crippen LogP) is 2.41. The van der Waals surface area contributed by atoms with Gasteiger partial charge in [-0.25, -0.2) is 17.5 Å². The van der Waals surface area contributed by atoms with Crippen molar-refractivity contribution in [2.45, 2.75) is 38.8 Å². The highest BCUT2D eigenvalue weighted by atomic mass is 32.2. The van der Waals surface area contributed by atoms with E-state index in [1.54, 1.807) is 19.1 Å². The molecule has 2 aromatic heterocycles. The van der Waals surface area contributed by atoms with E-state index in [0.717, 1.165) is 48.2 Å². The molecule has 0 saturated carbocycles. The summed E-state index contributed by atoms with van der Waals surface area (Å²) in [5, 5.41) is 0.220. The second-order valence-electron chi connectivity index (χ2n) is 14.7. The van der Waals surface area contributed by atoms with Crippen LogP contribution in [-0.4, -0.2) is 141 Å². The van der Waals surface area contributed by atoms with Crippen LogP contribution in [0.15, 0.2) is 62.0 Å². The first kappa shape index (κ1) is 55.8. The molecule has 71 heavy (non-hydrogen) atoms. The lowest BCUT2D eigenvalue weighted by molar-refractivity contribution is -0.167. The number of sulfonamides is 1. The van der Waals surface area contributed by atoms with Crippen LogP contribution in [0.4, 0.5) is 11.4 Å². The van der Waals surface area contributed by atoms with Crippen molar-refractivity contribution in [1.29, 1.82) is 0 Å². The lowest BCUT2D eigenvalue weighted by Gasteiger charge is -2.26. The number of carbonyl (C=O) groups is 8. The summed E-state index contributed by atoms with van der Waals surface area (Å²) in [6.45, 7) is -0.147. The Morgan fingerprint density at radius 1 is 0.563 bits per heavy atom. The van der Waals surface area contributed by atoms with Crippen LogP contribution in [0.1, 0.15) is 33.3 Å². The first-order chi connectivity index (χ1) is 33.5. The molecule has 384 valence electrons. The number of rotatable bonds is 26. The van der Waals surface area contributed by atoms with Crippen molar-refractivity contribution in [2.75, 3.05) is 90.5 Å². The maximum Gasteiger partial charge on any atom is 0.345 e. The van der Waals surface area contributed by atoms with Crippen molar-refractivity contribution >= 4 is 91.5 Å². The minimum absolute atomic E-state index is 0.0215. The Kier molecular flexibility index (Phi) is 20.6. The van der Waals surface area contributed by atoms with Crippen LogP contribution in [-0.2, 0) is 86.3 Å². The second kappa shape index (κ2) is 26.3. The molecule has 4 rings (SSSR count). The fourth-order valence-corrected chi connectivity index (χ4v) is 8.20. The van der Waals surface area contributed by atoms with Gasteiger partial charge in [-0.1, -0.05) is 6.07 Å². The van der Waals surface area contributed by atoms with Gasteiger partial charge in [-0.05, 0) is 48.9 Å². The molecule has 0 aliphatic carbocycles. The topological polar surface area (TPSA) is 303 Å². The fourth-order valence-electron chi connectivity index (χ4n) is 5.73. The molecule has 2 aromatic carbocycles. The minimum Gasteiger partial charge on any atom is -0.488 e. The van der Waals surface area contributed by atoms with E-state index in [4.69, 9.17) is 42.3 Å². The Morgan fingerprint density at radius 3 is 1.44 bits per heavy atom. The molecule has 0 radical (unpaired) electrons. The molecule has 0 spiro atoms. The van der Waals surface area contributed by atoms with Crippen LogP contribution in [0.5, 0.6) is 11.5 Å². The van der Waals surface area contributed by atoms with Crippen molar-refractivity contribution in [3.05, 3.63) is 64.5 Å². The predicted molar refractivity (Wildman–Crippen MR) is 244 cm³/mol. The van der Waals surface area contributed by atoms with Crippen molar-refractivity contribution < 1.29 is 98.6 Å². The third kappa shape index (κ3) is 17.6. The highest BCUT2D eigenvalue weighted by Crippen LogP contribution is 2.37. The zero-order valence-electron chi connectivity index (χ0n) is 39.3. The number of hydrogen-bond donors (Lipinski definition) is 0. The Morgan fingerprint density at radius 2 is 1.00 bits per heavy atom. The number of fused-ring (bicyclic) bond motifs is 1. The largest absolute Gasteiger partial charge is 0.488 e. The maximum atomic E-state index is 13.5. The van der Waals surface area contributed by atoms with Crippen molar-refractivity contribution in [3.63, 3.8) is 0 Å². The summed E-state index contributed by atoms with van der Waals surface area (Å²) in [5.74, 6) is -6.80. The van der Waals surface area contributed by atoms with E-state index in [1.807, 2.05) is 0 Å². The van der Waals surface area contributed by atoms with E-state index in [-0.39, 0.29) is 61.7 Å². The van der Waals surface area contributed by atoms with Gasteiger partial charge in [0.2, 0.25) is 27.2 Å². The van der Waals surface area contributed by atoms with Crippen LogP contribution >= 0.6 is 11.3 Å². The summed E-state index contributed by atoms with van der Waals surface area (Å²) < 4.78 is 83.5. The van der Waals surface area contributed by atoms with Gasteiger partial charge in [-0.2, -0.15) is 0 Å². The zero-order valence-corrected chi connectivity index (χ0v) is 41.0. The van der Waals surface area contributed by atoms with Gasteiger partial charge in [0.05, 0.1) is 16.9 Å². The number of benzene rings is 2. The molecule has 0 amide bonds. The molecule has 0 atom stereocenters. The molecule has 0 fully saturated rings. The van der Waals surface area contributed by atoms with Gasteiger partial charge in [-0.3, -0.25) is 38.4 Å². The Labute approximate surface area is 408 Å². The molecular weight excluding hydrogens is 987 g/mol. The van der Waals surface area contributed by atoms with E-state index in [1.165, 1.54) is 55.4 Å². The van der Waals surface area contributed by atoms with Crippen LogP contribution in [0, 0.1) is 6.92 Å². The van der Waals surface area contributed by atoms with Gasteiger partial charge in [-0.15, -0.1) is 11.3 Å². The van der Waals surface area contributed by atoms with Gasteiger partial charge >= 0.3 is 53.4 Å². The minimum atomic E-state index is -3.86. The van der Waals surface area contributed by atoms with Crippen LogP contribution in [0.2, 0.25) is 0 Å². The van der Waals surface area contributed by atoms with Crippen LogP contribution < -0.4 is 24.9 Å². The summed E-state index contributed by atoms with van der Waals surface area (Å²) in [6, 6.07) is 11.6. The van der Waals surface area contributed by atoms with Crippen LogP contribution in [0.3, 0.4) is 0 Å². The Hall–Kier alpha value is -7.78. The molecule has 0 unspecified atom stereocenters. The van der Waals surface area contributed by atoms with Gasteiger partial charge in [0, 0.05) is 58.1 Å². The lowest BCUT2D eigenvalue weighted by atomic mass is 10.1. The molecule has 0 N–H and O–H groups in total. The molecule has 27 heteroatoms. The number of carbonyl (C=O) groups excluding carboxylic acids is 8. The lowest BCUT2D eigenvalue weighted by Crippen LogP contribution is -2.37. The number of thiophene rings is 1. The number of hydrogen-bond acceptors (Lipinski definition) is 25. The smallest absolute Gasteiger partial charge is 0.345 e. The van der Waals surface area contributed by atoms with Crippen molar-refractivity contribution in [1.82, 2.24) is 4.31 Å². The quantitative estimate of drug-likeness (QED) is 0.0287. The van der Waals surface area contributed by atoms with Crippen molar-refractivity contribution in [3.8, 4) is 21.9 Å². The molecule has 4 aromatic rings. The maximum absolute atomic E-state index is 13.5. The number of anilines is 2. The molecule has 2 heterocycles. The third-order valence-corrected chi connectivity index (χ3v) is 12.4. The number of ether oxygens (including phenoxy) is 10. The standard InChI is InChI=1S/C44H49N3O22S2/c1-26-8-9-33(46(18-39(52)65-22-61-27(2)48)19-40(53)66-23-62-28(3)49)36(14-26)59-12-13-60-37-16-31-15-32(38-10-11-43(70-38)71(57,58)45(6)7)44(56)69-35(31)17-34(37)47(20-41(54)67-24-63-29(4)50)21-42(55)68-25-64-30(5)51/h8-11,14-17H,12-13,18-25H2,1-7H3. The van der Waals surface area contributed by atoms with Gasteiger partial charge in [0.15, 0.2) is 0 Å². The number of aryl methyl sites for hydroxylation is 1. The van der Waals surface area contributed by atoms with Crippen molar-refractivity contribution in [2.24, 2.45) is 0 Å². The average molecular weight is 1040 g/mol. The first-order valence-corrected chi connectivity index (χ1v) is 23.0. The molecule has 0 aliphatic heterocycles. The fraction of sp³-hybridized carbons (Fsp3) is 0.386. The summed E-state index contributed by atoms with van der Waals surface area (Å²) in [6.07, 6.45) is 0. The van der Waals surface area contributed by atoms with E-state index in [2.05, 4.69) is 9.47 Å². The molecular formula is C44H49N3O22S2. The van der Waals surface area contributed by atoms with E-state index < -0.39 is 117 Å². The summed E-state index contributed by atoms with van der Waals surface area (Å²) in [5.41, 5.74) is -0.232. The Balaban J connectivity index is 1.75. The van der Waals surface area contributed by atoms with Gasteiger partial charge < -0.3 is 61.6 Å². The van der Waals surface area contributed by atoms with E-state index in [0.29, 0.717) is 5.56 Å². The summed E-state index contributed by atoms with van der Waals surface area (Å²) in [7, 11) is -1.16. The SMILES string of the molecule is CC(=O)OCOC(=O)CN(CC(=O)OCOC(C)=O)c1ccc(C)cc1OCCOc1cc2cc(-c3ccc(S(=O)(=O)N(C)C)s3)c(=O)oc2cc1N(CC(=O)OCOC(C)=O)CC(=O)OCOC(C)=O.